The number of nitrogens with one attached hydrogen (secondary N) is 1. The molecule has 0 unspecified atom stereocenters. The van der Waals surface area contributed by atoms with Crippen LogP contribution in [-0.2, 0) is 5.75 Å². The van der Waals surface area contributed by atoms with E-state index >= 15 is 0 Å². The topological polar surface area (TPSA) is 41.5 Å². The molecule has 0 radical (unpaired) electrons. The summed E-state index contributed by atoms with van der Waals surface area (Å²) in [7, 11) is 0. The van der Waals surface area contributed by atoms with Crippen LogP contribution in [0.25, 0.3) is 0 Å². The number of carbonyl (C=O) groups is 1. The first-order valence-electron chi connectivity index (χ1n) is 8.49. The molecule has 0 bridgehead atoms. The predicted octanol–water partition coefficient (Wildman–Crippen LogP) is 5.74. The number of carbonyl (C=O) groups excluding carboxylic acids is 1. The lowest BCUT2D eigenvalue weighted by Crippen LogP contribution is -2.19. The maximum Gasteiger partial charge on any atom is 0.271 e. The summed E-state index contributed by atoms with van der Waals surface area (Å²) in [5.41, 5.74) is 6.19. The molecule has 0 saturated heterocycles. The quantitative estimate of drug-likeness (QED) is 0.209. The third kappa shape index (κ3) is 5.94. The molecule has 0 saturated carbocycles. The van der Waals surface area contributed by atoms with Crippen LogP contribution < -0.4 is 5.43 Å². The highest BCUT2D eigenvalue weighted by molar-refractivity contribution is 14.1. The van der Waals surface area contributed by atoms with E-state index < -0.39 is 0 Å². The average molecular weight is 486 g/mol. The second-order valence-electron chi connectivity index (χ2n) is 5.95. The molecular weight excluding hydrogens is 467 g/mol. The van der Waals surface area contributed by atoms with Crippen LogP contribution in [0.15, 0.2) is 88.9 Å². The molecule has 0 spiro atoms. The van der Waals surface area contributed by atoms with Crippen molar-refractivity contribution in [2.75, 3.05) is 0 Å². The van der Waals surface area contributed by atoms with E-state index in [1.807, 2.05) is 73.7 Å². The number of hydrazone groups is 1. The highest BCUT2D eigenvalue weighted by Gasteiger charge is 2.06. The molecule has 0 heterocycles. The number of hydrogen-bond acceptors (Lipinski definition) is 3. The largest absolute Gasteiger partial charge is 0.271 e. The number of thioether (sulfide) groups is 1. The van der Waals surface area contributed by atoms with Crippen LogP contribution in [0, 0.1) is 3.57 Å². The molecule has 3 nitrogen and oxygen atoms in total. The van der Waals surface area contributed by atoms with Crippen molar-refractivity contribution in [3.63, 3.8) is 0 Å². The van der Waals surface area contributed by atoms with Crippen molar-refractivity contribution >= 4 is 46.0 Å². The standard InChI is InChI=1S/C22H19IN2OS/c1-16(19-6-5-7-20(23)14-19)24-25-22(26)18-12-10-17(11-13-18)15-27-21-8-3-2-4-9-21/h2-14H,15H2,1H3,(H,25,26)/b24-16-. The lowest BCUT2D eigenvalue weighted by Gasteiger charge is -2.05. The molecule has 5 heteroatoms. The van der Waals surface area contributed by atoms with Gasteiger partial charge in [0.15, 0.2) is 0 Å². The molecule has 3 rings (SSSR count). The summed E-state index contributed by atoms with van der Waals surface area (Å²) in [6, 6.07) is 25.9. The summed E-state index contributed by atoms with van der Waals surface area (Å²) in [4.78, 5) is 13.5. The maximum atomic E-state index is 12.3. The highest BCUT2D eigenvalue weighted by atomic mass is 127. The summed E-state index contributed by atoms with van der Waals surface area (Å²) in [6.07, 6.45) is 0. The van der Waals surface area contributed by atoms with E-state index in [0.29, 0.717) is 5.56 Å². The van der Waals surface area contributed by atoms with Crippen LogP contribution in [0.2, 0.25) is 0 Å². The number of hydrogen-bond donors (Lipinski definition) is 1. The summed E-state index contributed by atoms with van der Waals surface area (Å²) in [5.74, 6) is 0.665. The Balaban J connectivity index is 1.58. The van der Waals surface area contributed by atoms with Crippen molar-refractivity contribution in [1.82, 2.24) is 5.43 Å². The molecule has 27 heavy (non-hydrogen) atoms. The van der Waals surface area contributed by atoms with E-state index in [9.17, 15) is 4.79 Å². The first-order valence-corrected chi connectivity index (χ1v) is 10.6. The number of benzene rings is 3. The fraction of sp³-hybridized carbons (Fsp3) is 0.0909. The van der Waals surface area contributed by atoms with Gasteiger partial charge in [0.1, 0.15) is 0 Å². The van der Waals surface area contributed by atoms with Crippen molar-refractivity contribution in [2.24, 2.45) is 5.10 Å². The molecule has 0 aromatic heterocycles. The molecular formula is C22H19IN2OS. The number of amides is 1. The fourth-order valence-electron chi connectivity index (χ4n) is 2.41. The molecule has 1 amide bonds. The molecule has 0 aliphatic heterocycles. The summed E-state index contributed by atoms with van der Waals surface area (Å²) in [5, 5.41) is 4.22. The maximum absolute atomic E-state index is 12.3. The van der Waals surface area contributed by atoms with Crippen molar-refractivity contribution in [2.45, 2.75) is 17.6 Å². The van der Waals surface area contributed by atoms with Crippen LogP contribution >= 0.6 is 34.4 Å². The van der Waals surface area contributed by atoms with E-state index in [1.54, 1.807) is 11.8 Å². The number of halogens is 1. The molecule has 1 N–H and O–H groups in total. The molecule has 0 atom stereocenters. The minimum atomic E-state index is -0.206. The van der Waals surface area contributed by atoms with E-state index in [4.69, 9.17) is 0 Å². The van der Waals surface area contributed by atoms with Crippen molar-refractivity contribution < 1.29 is 4.79 Å². The van der Waals surface area contributed by atoms with E-state index in [0.717, 1.165) is 20.6 Å². The molecule has 0 aliphatic rings. The van der Waals surface area contributed by atoms with Crippen LogP contribution in [0.3, 0.4) is 0 Å². The van der Waals surface area contributed by atoms with Crippen LogP contribution in [0.5, 0.6) is 0 Å². The Hall–Kier alpha value is -2.12. The molecule has 3 aromatic rings. The molecule has 0 fully saturated rings. The monoisotopic (exact) mass is 486 g/mol. The summed E-state index contributed by atoms with van der Waals surface area (Å²) < 4.78 is 1.13. The van der Waals surface area contributed by atoms with Gasteiger partial charge in [0.25, 0.3) is 5.91 Å². The third-order valence-electron chi connectivity index (χ3n) is 3.93. The Morgan fingerprint density at radius 1 is 0.963 bits per heavy atom. The van der Waals surface area contributed by atoms with Gasteiger partial charge in [-0.3, -0.25) is 4.79 Å². The van der Waals surface area contributed by atoms with Gasteiger partial charge in [-0.2, -0.15) is 5.10 Å². The Morgan fingerprint density at radius 3 is 2.41 bits per heavy atom. The number of rotatable bonds is 6. The Kier molecular flexibility index (Phi) is 7.06. The minimum Gasteiger partial charge on any atom is -0.267 e. The van der Waals surface area contributed by atoms with E-state index in [1.165, 1.54) is 10.5 Å². The van der Waals surface area contributed by atoms with Gasteiger partial charge in [-0.15, -0.1) is 11.8 Å². The van der Waals surface area contributed by atoms with Crippen LogP contribution in [-0.4, -0.2) is 11.6 Å². The van der Waals surface area contributed by atoms with Gasteiger partial charge in [-0.25, -0.2) is 5.43 Å². The van der Waals surface area contributed by atoms with Gasteiger partial charge >= 0.3 is 0 Å². The predicted molar refractivity (Wildman–Crippen MR) is 121 cm³/mol. The third-order valence-corrected chi connectivity index (χ3v) is 5.69. The zero-order valence-electron chi connectivity index (χ0n) is 14.9. The van der Waals surface area contributed by atoms with Crippen molar-refractivity contribution in [3.05, 3.63) is 99.1 Å². The van der Waals surface area contributed by atoms with Crippen LogP contribution in [0.1, 0.15) is 28.4 Å². The second-order valence-corrected chi connectivity index (χ2v) is 8.24. The Morgan fingerprint density at radius 2 is 1.70 bits per heavy atom. The second kappa shape index (κ2) is 9.71. The first kappa shape index (κ1) is 19.6. The van der Waals surface area contributed by atoms with Crippen molar-refractivity contribution in [3.8, 4) is 0 Å². The zero-order chi connectivity index (χ0) is 19.1. The van der Waals surface area contributed by atoms with Gasteiger partial charge in [-0.05, 0) is 77.0 Å². The summed E-state index contributed by atoms with van der Waals surface area (Å²) >= 11 is 4.04. The number of nitrogens with zero attached hydrogens (tertiary/aromatic N) is 1. The lowest BCUT2D eigenvalue weighted by atomic mass is 10.1. The average Bonchev–Trinajstić information content (AvgIpc) is 2.71. The van der Waals surface area contributed by atoms with Crippen LogP contribution in [0.4, 0.5) is 0 Å². The fourth-order valence-corrected chi connectivity index (χ4v) is 3.83. The van der Waals surface area contributed by atoms with E-state index in [-0.39, 0.29) is 5.91 Å². The lowest BCUT2D eigenvalue weighted by molar-refractivity contribution is 0.0955. The van der Waals surface area contributed by atoms with E-state index in [2.05, 4.69) is 45.3 Å². The first-order chi connectivity index (χ1) is 13.1. The molecule has 3 aromatic carbocycles. The minimum absolute atomic E-state index is 0.206. The normalized spacial score (nSPS) is 11.3. The zero-order valence-corrected chi connectivity index (χ0v) is 17.8. The molecule has 136 valence electrons. The SMILES string of the molecule is C/C(=N/NC(=O)c1ccc(CSc2ccccc2)cc1)c1cccc(I)c1. The van der Waals surface area contributed by atoms with Crippen molar-refractivity contribution in [1.29, 1.82) is 0 Å². The highest BCUT2D eigenvalue weighted by Crippen LogP contribution is 2.22. The Bertz CT molecular complexity index is 940. The Labute approximate surface area is 177 Å². The van der Waals surface area contributed by atoms with Gasteiger partial charge in [0.2, 0.25) is 0 Å². The van der Waals surface area contributed by atoms with Gasteiger partial charge in [-0.1, -0.05) is 42.5 Å². The summed E-state index contributed by atoms with van der Waals surface area (Å²) in [6.45, 7) is 1.88. The van der Waals surface area contributed by atoms with Gasteiger partial charge in [0.05, 0.1) is 5.71 Å². The van der Waals surface area contributed by atoms with Gasteiger partial charge in [0, 0.05) is 19.8 Å². The molecule has 0 aliphatic carbocycles. The smallest absolute Gasteiger partial charge is 0.267 e. The van der Waals surface area contributed by atoms with Gasteiger partial charge < -0.3 is 0 Å².